The van der Waals surface area contributed by atoms with Gasteiger partial charge in [0.1, 0.15) is 17.5 Å². The maximum Gasteiger partial charge on any atom is 0.194 e. The van der Waals surface area contributed by atoms with Gasteiger partial charge in [-0.1, -0.05) is 60.7 Å². The van der Waals surface area contributed by atoms with Gasteiger partial charge in [0.25, 0.3) is 0 Å². The van der Waals surface area contributed by atoms with Gasteiger partial charge in [-0.15, -0.1) is 10.2 Å². The smallest absolute Gasteiger partial charge is 0.194 e. The van der Waals surface area contributed by atoms with Crippen molar-refractivity contribution in [1.82, 2.24) is 49.3 Å². The molecule has 0 atom stereocenters. The summed E-state index contributed by atoms with van der Waals surface area (Å²) in [6, 6.07) is 29.5. The van der Waals surface area contributed by atoms with E-state index in [9.17, 15) is 0 Å². The molecule has 45 heavy (non-hydrogen) atoms. The zero-order valence-corrected chi connectivity index (χ0v) is 25.4. The van der Waals surface area contributed by atoms with Crippen molar-refractivity contribution in [3.8, 4) is 22.8 Å². The molecular formula is C35H32N10. The Morgan fingerprint density at radius 2 is 1.51 bits per heavy atom. The Labute approximate surface area is 259 Å². The highest BCUT2D eigenvalue weighted by atomic mass is 15.5. The molecule has 0 aliphatic heterocycles. The van der Waals surface area contributed by atoms with Crippen LogP contribution < -0.4 is 0 Å². The lowest BCUT2D eigenvalue weighted by Crippen LogP contribution is -2.07. The predicted octanol–water partition coefficient (Wildman–Crippen LogP) is 6.48. The normalized spacial score (nSPS) is 11.8. The fraction of sp³-hybridized carbons (Fsp3) is 0.200. The molecule has 0 unspecified atom stereocenters. The van der Waals surface area contributed by atoms with Crippen LogP contribution in [0.15, 0.2) is 84.9 Å². The van der Waals surface area contributed by atoms with Gasteiger partial charge in [0.2, 0.25) is 0 Å². The van der Waals surface area contributed by atoms with E-state index in [0.29, 0.717) is 18.9 Å². The highest BCUT2D eigenvalue weighted by Gasteiger charge is 2.19. The molecule has 0 spiro atoms. The molecule has 0 saturated carbocycles. The average molecular weight is 593 g/mol. The van der Waals surface area contributed by atoms with Crippen LogP contribution in [0.5, 0.6) is 0 Å². The van der Waals surface area contributed by atoms with Gasteiger partial charge in [0.05, 0.1) is 39.6 Å². The first-order chi connectivity index (χ1) is 22.1. The lowest BCUT2D eigenvalue weighted by atomic mass is 10.1. The molecule has 1 N–H and O–H groups in total. The van der Waals surface area contributed by atoms with Gasteiger partial charge in [-0.25, -0.2) is 15.0 Å². The van der Waals surface area contributed by atoms with Crippen molar-refractivity contribution in [3.63, 3.8) is 0 Å². The van der Waals surface area contributed by atoms with Crippen molar-refractivity contribution in [1.29, 1.82) is 0 Å². The molecule has 0 saturated heterocycles. The monoisotopic (exact) mass is 592 g/mol. The average Bonchev–Trinajstić information content (AvgIpc) is 3.85. The molecule has 0 aliphatic carbocycles. The van der Waals surface area contributed by atoms with Gasteiger partial charge in [-0.2, -0.15) is 5.21 Å². The lowest BCUT2D eigenvalue weighted by Gasteiger charge is -2.12. The minimum atomic E-state index is 0.455. The van der Waals surface area contributed by atoms with Gasteiger partial charge >= 0.3 is 0 Å². The number of aromatic nitrogens is 10. The molecule has 8 aromatic rings. The molecule has 222 valence electrons. The number of para-hydroxylation sites is 2. The molecule has 4 aromatic heterocycles. The van der Waals surface area contributed by atoms with Gasteiger partial charge < -0.3 is 13.7 Å². The number of rotatable bonds is 8. The van der Waals surface area contributed by atoms with Crippen LogP contribution >= 0.6 is 0 Å². The number of H-pyrrole nitrogens is 1. The SMILES string of the molecule is CCCc1nc2c(C)cc(-c3nc4ccccc4n3C)cc2n1Cc1ccc2nc(-c3ccccc3)n(Cc3nn[nH]n3)c2c1. The molecule has 0 bridgehead atoms. The summed E-state index contributed by atoms with van der Waals surface area (Å²) < 4.78 is 6.72. The van der Waals surface area contributed by atoms with Gasteiger partial charge in [-0.3, -0.25) is 0 Å². The Morgan fingerprint density at radius 1 is 0.711 bits per heavy atom. The topological polar surface area (TPSA) is 108 Å². The summed E-state index contributed by atoms with van der Waals surface area (Å²) in [6.07, 6.45) is 1.91. The number of aryl methyl sites for hydroxylation is 3. The molecule has 8 rings (SSSR count). The van der Waals surface area contributed by atoms with Crippen LogP contribution in [0, 0.1) is 6.92 Å². The molecule has 10 heteroatoms. The summed E-state index contributed by atoms with van der Waals surface area (Å²) in [4.78, 5) is 15.2. The van der Waals surface area contributed by atoms with Crippen LogP contribution in [-0.4, -0.2) is 49.3 Å². The number of hydrogen-bond acceptors (Lipinski definition) is 6. The maximum absolute atomic E-state index is 5.16. The maximum atomic E-state index is 5.16. The van der Waals surface area contributed by atoms with Gasteiger partial charge in [0, 0.05) is 31.1 Å². The number of aromatic amines is 1. The lowest BCUT2D eigenvalue weighted by molar-refractivity contribution is 0.721. The Morgan fingerprint density at radius 3 is 2.31 bits per heavy atom. The van der Waals surface area contributed by atoms with E-state index in [0.717, 1.165) is 80.1 Å². The van der Waals surface area contributed by atoms with Gasteiger partial charge in [-0.05, 0) is 60.9 Å². The third kappa shape index (κ3) is 4.66. The molecule has 0 aliphatic rings. The number of tetrazole rings is 1. The van der Waals surface area contributed by atoms with Crippen LogP contribution in [-0.2, 0) is 26.6 Å². The van der Waals surface area contributed by atoms with Crippen molar-refractivity contribution < 1.29 is 0 Å². The van der Waals surface area contributed by atoms with Gasteiger partial charge in [0.15, 0.2) is 5.82 Å². The number of nitrogens with zero attached hydrogens (tertiary/aromatic N) is 9. The quantitative estimate of drug-likeness (QED) is 0.216. The summed E-state index contributed by atoms with van der Waals surface area (Å²) in [5.41, 5.74) is 10.6. The van der Waals surface area contributed by atoms with Crippen molar-refractivity contribution in [3.05, 3.63) is 108 Å². The van der Waals surface area contributed by atoms with E-state index in [1.165, 1.54) is 5.56 Å². The summed E-state index contributed by atoms with van der Waals surface area (Å²) in [5, 5.41) is 14.8. The zero-order valence-electron chi connectivity index (χ0n) is 25.4. The predicted molar refractivity (Wildman–Crippen MR) is 176 cm³/mol. The van der Waals surface area contributed by atoms with Crippen molar-refractivity contribution in [2.45, 2.75) is 39.8 Å². The number of hydrogen-bond donors (Lipinski definition) is 1. The summed E-state index contributed by atoms with van der Waals surface area (Å²) in [7, 11) is 2.08. The van der Waals surface area contributed by atoms with Crippen molar-refractivity contribution >= 4 is 33.1 Å². The molecule has 0 fully saturated rings. The first-order valence-electron chi connectivity index (χ1n) is 15.3. The fourth-order valence-corrected chi connectivity index (χ4v) is 6.37. The molecule has 4 aromatic carbocycles. The van der Waals surface area contributed by atoms with E-state index in [1.54, 1.807) is 0 Å². The second-order valence-corrected chi connectivity index (χ2v) is 11.5. The molecule has 10 nitrogen and oxygen atoms in total. The van der Waals surface area contributed by atoms with E-state index in [1.807, 2.05) is 24.3 Å². The van der Waals surface area contributed by atoms with Crippen molar-refractivity contribution in [2.24, 2.45) is 7.05 Å². The zero-order chi connectivity index (χ0) is 30.5. The Balaban J connectivity index is 1.26. The summed E-state index contributed by atoms with van der Waals surface area (Å²) in [5.74, 6) is 3.51. The van der Waals surface area contributed by atoms with Crippen LogP contribution in [0.4, 0.5) is 0 Å². The molecule has 0 radical (unpaired) electrons. The van der Waals surface area contributed by atoms with E-state index < -0.39 is 0 Å². The van der Waals surface area contributed by atoms with Crippen LogP contribution in [0.3, 0.4) is 0 Å². The van der Waals surface area contributed by atoms with E-state index in [-0.39, 0.29) is 0 Å². The number of fused-ring (bicyclic) bond motifs is 3. The number of benzene rings is 4. The Bertz CT molecular complexity index is 2310. The first kappa shape index (κ1) is 26.9. The fourth-order valence-electron chi connectivity index (χ4n) is 6.37. The largest absolute Gasteiger partial charge is 0.327 e. The summed E-state index contributed by atoms with van der Waals surface area (Å²) >= 11 is 0. The highest BCUT2D eigenvalue weighted by Crippen LogP contribution is 2.32. The first-order valence-corrected chi connectivity index (χ1v) is 15.3. The van der Waals surface area contributed by atoms with E-state index >= 15 is 0 Å². The van der Waals surface area contributed by atoms with E-state index in [2.05, 4.69) is 116 Å². The Kier molecular flexibility index (Phi) is 6.48. The van der Waals surface area contributed by atoms with Crippen LogP contribution in [0.25, 0.3) is 55.9 Å². The number of imidazole rings is 3. The second kappa shape index (κ2) is 10.8. The Hall–Kier alpha value is -5.64. The summed E-state index contributed by atoms with van der Waals surface area (Å²) in [6.45, 7) is 5.49. The van der Waals surface area contributed by atoms with Crippen LogP contribution in [0.1, 0.15) is 36.1 Å². The molecular weight excluding hydrogens is 560 g/mol. The number of nitrogens with one attached hydrogen (secondary N) is 1. The van der Waals surface area contributed by atoms with Crippen LogP contribution in [0.2, 0.25) is 0 Å². The minimum absolute atomic E-state index is 0.455. The third-order valence-electron chi connectivity index (χ3n) is 8.52. The minimum Gasteiger partial charge on any atom is -0.327 e. The third-order valence-corrected chi connectivity index (χ3v) is 8.52. The standard InChI is InChI=1S/C35H32N10/c1-4-10-32-38-33-22(2)17-25(34-36-26-13-8-9-14-28(26)43(34)3)19-30(33)44(32)20-23-15-16-27-29(18-23)45(21-31-39-41-42-40-31)35(37-27)24-11-6-5-7-12-24/h5-9,11-19H,4,10,20-21H2,1-3H3,(H,39,40,41,42). The second-order valence-electron chi connectivity index (χ2n) is 11.5. The highest BCUT2D eigenvalue weighted by molar-refractivity contribution is 5.87. The molecule has 4 heterocycles. The van der Waals surface area contributed by atoms with E-state index in [4.69, 9.17) is 15.0 Å². The van der Waals surface area contributed by atoms with Crippen molar-refractivity contribution in [2.75, 3.05) is 0 Å². The molecule has 0 amide bonds.